The smallest absolute Gasteiger partial charge is 0.221 e. The topological polar surface area (TPSA) is 41.1 Å². The summed E-state index contributed by atoms with van der Waals surface area (Å²) in [5.74, 6) is 0.219. The molecule has 0 aromatic heterocycles. The van der Waals surface area contributed by atoms with Gasteiger partial charge in [-0.05, 0) is 29.8 Å². The zero-order valence-corrected chi connectivity index (χ0v) is 12.3. The van der Waals surface area contributed by atoms with Gasteiger partial charge < -0.3 is 10.6 Å². The van der Waals surface area contributed by atoms with Gasteiger partial charge >= 0.3 is 0 Å². The fraction of sp³-hybridized carbons (Fsp3) is 0.188. The molecule has 0 aliphatic carbocycles. The second-order valence-electron chi connectivity index (χ2n) is 4.92. The Bertz CT molecular complexity index is 690. The van der Waals surface area contributed by atoms with Gasteiger partial charge in [0.25, 0.3) is 0 Å². The highest BCUT2D eigenvalue weighted by molar-refractivity contribution is 7.99. The molecule has 1 aliphatic rings. The lowest BCUT2D eigenvalue weighted by atomic mass is 10.1. The van der Waals surface area contributed by atoms with Gasteiger partial charge in [0.1, 0.15) is 5.82 Å². The monoisotopic (exact) mass is 302 g/mol. The molecule has 3 nitrogen and oxygen atoms in total. The highest BCUT2D eigenvalue weighted by atomic mass is 32.2. The Morgan fingerprint density at radius 1 is 1.29 bits per heavy atom. The van der Waals surface area contributed by atoms with Gasteiger partial charge in [-0.15, -0.1) is 11.8 Å². The van der Waals surface area contributed by atoms with Gasteiger partial charge in [0, 0.05) is 23.3 Å². The summed E-state index contributed by atoms with van der Waals surface area (Å²) in [6, 6.07) is 13.1. The van der Waals surface area contributed by atoms with Crippen LogP contribution in [0.3, 0.4) is 0 Å². The minimum atomic E-state index is -0.433. The van der Waals surface area contributed by atoms with Gasteiger partial charge in [-0.2, -0.15) is 0 Å². The first-order valence-electron chi connectivity index (χ1n) is 6.69. The first-order chi connectivity index (χ1) is 10.1. The van der Waals surface area contributed by atoms with Crippen LogP contribution < -0.4 is 10.6 Å². The molecular formula is C16H15FN2OS. The average Bonchev–Trinajstić information content (AvgIpc) is 2.85. The summed E-state index contributed by atoms with van der Waals surface area (Å²) in [6.45, 7) is 1.36. The lowest BCUT2D eigenvalue weighted by Crippen LogP contribution is -2.11. The fourth-order valence-corrected chi connectivity index (χ4v) is 3.54. The van der Waals surface area contributed by atoms with Crippen molar-refractivity contribution in [1.82, 2.24) is 0 Å². The van der Waals surface area contributed by atoms with Crippen LogP contribution in [0.25, 0.3) is 0 Å². The Hall–Kier alpha value is -2.01. The Kier molecular flexibility index (Phi) is 3.84. The van der Waals surface area contributed by atoms with Gasteiger partial charge in [-0.3, -0.25) is 4.79 Å². The van der Waals surface area contributed by atoms with Crippen molar-refractivity contribution in [3.8, 4) is 0 Å². The first-order valence-corrected chi connectivity index (χ1v) is 7.67. The van der Waals surface area contributed by atoms with Crippen molar-refractivity contribution in [3.63, 3.8) is 0 Å². The molecule has 1 heterocycles. The average molecular weight is 302 g/mol. The van der Waals surface area contributed by atoms with E-state index in [1.54, 1.807) is 23.9 Å². The third-order valence-corrected chi connectivity index (χ3v) is 4.50. The second kappa shape index (κ2) is 5.77. The maximum absolute atomic E-state index is 13.6. The maximum atomic E-state index is 13.6. The van der Waals surface area contributed by atoms with Crippen molar-refractivity contribution in [2.75, 3.05) is 16.4 Å². The van der Waals surface area contributed by atoms with E-state index in [4.69, 9.17) is 0 Å². The highest BCUT2D eigenvalue weighted by Crippen LogP contribution is 2.39. The molecule has 3 rings (SSSR count). The predicted molar refractivity (Wildman–Crippen MR) is 84.2 cm³/mol. The second-order valence-corrected chi connectivity index (χ2v) is 5.98. The molecule has 1 atom stereocenters. The number of rotatable bonds is 3. The molecule has 0 saturated heterocycles. The molecule has 2 aromatic carbocycles. The van der Waals surface area contributed by atoms with Crippen LogP contribution in [0.15, 0.2) is 47.4 Å². The van der Waals surface area contributed by atoms with E-state index in [2.05, 4.69) is 22.8 Å². The Morgan fingerprint density at radius 3 is 2.90 bits per heavy atom. The molecule has 0 saturated carbocycles. The van der Waals surface area contributed by atoms with Crippen molar-refractivity contribution in [1.29, 1.82) is 0 Å². The van der Waals surface area contributed by atoms with Gasteiger partial charge in [-0.1, -0.05) is 18.2 Å². The number of nitrogens with one attached hydrogen (secondary N) is 2. The summed E-state index contributed by atoms with van der Waals surface area (Å²) in [5.41, 5.74) is 2.25. The molecular weight excluding hydrogens is 287 g/mol. The van der Waals surface area contributed by atoms with Crippen LogP contribution in [-0.4, -0.2) is 11.7 Å². The van der Waals surface area contributed by atoms with Gasteiger partial charge in [0.2, 0.25) is 5.91 Å². The lowest BCUT2D eigenvalue weighted by Gasteiger charge is -2.16. The molecule has 0 spiro atoms. The SMILES string of the molecule is CC(=O)Nc1cc(NC2CSc3ccccc32)ccc1F. The molecule has 2 N–H and O–H groups in total. The number of thioether (sulfide) groups is 1. The summed E-state index contributed by atoms with van der Waals surface area (Å²) in [4.78, 5) is 12.4. The normalized spacial score (nSPS) is 16.4. The van der Waals surface area contributed by atoms with E-state index < -0.39 is 5.82 Å². The third-order valence-electron chi connectivity index (χ3n) is 3.32. The minimum Gasteiger partial charge on any atom is -0.377 e. The zero-order chi connectivity index (χ0) is 14.8. The largest absolute Gasteiger partial charge is 0.377 e. The van der Waals surface area contributed by atoms with Crippen LogP contribution >= 0.6 is 11.8 Å². The molecule has 1 unspecified atom stereocenters. The number of amides is 1. The molecule has 2 aromatic rings. The van der Waals surface area contributed by atoms with E-state index >= 15 is 0 Å². The van der Waals surface area contributed by atoms with E-state index in [0.717, 1.165) is 11.4 Å². The molecule has 1 amide bonds. The third kappa shape index (κ3) is 3.03. The number of fused-ring (bicyclic) bond motifs is 1. The van der Waals surface area contributed by atoms with Crippen molar-refractivity contribution < 1.29 is 9.18 Å². The van der Waals surface area contributed by atoms with Crippen LogP contribution in [0.2, 0.25) is 0 Å². The predicted octanol–water partition coefficient (Wildman–Crippen LogP) is 4.04. The molecule has 0 radical (unpaired) electrons. The molecule has 21 heavy (non-hydrogen) atoms. The van der Waals surface area contributed by atoms with Crippen molar-refractivity contribution in [3.05, 3.63) is 53.8 Å². The number of anilines is 2. The van der Waals surface area contributed by atoms with Crippen LogP contribution in [-0.2, 0) is 4.79 Å². The minimum absolute atomic E-state index is 0.196. The maximum Gasteiger partial charge on any atom is 0.221 e. The molecule has 5 heteroatoms. The summed E-state index contributed by atoms with van der Waals surface area (Å²) >= 11 is 1.81. The summed E-state index contributed by atoms with van der Waals surface area (Å²) in [7, 11) is 0. The summed E-state index contributed by atoms with van der Waals surface area (Å²) in [5, 5.41) is 5.90. The van der Waals surface area contributed by atoms with Gasteiger partial charge in [0.15, 0.2) is 0 Å². The summed E-state index contributed by atoms with van der Waals surface area (Å²) < 4.78 is 13.6. The van der Waals surface area contributed by atoms with Crippen LogP contribution in [0, 0.1) is 5.82 Å². The number of carbonyl (C=O) groups excluding carboxylic acids is 1. The molecule has 1 aliphatic heterocycles. The molecule has 108 valence electrons. The number of hydrogen-bond acceptors (Lipinski definition) is 3. The van der Waals surface area contributed by atoms with E-state index in [0.29, 0.717) is 0 Å². The van der Waals surface area contributed by atoms with E-state index in [1.807, 2.05) is 12.1 Å². The Labute approximate surface area is 126 Å². The lowest BCUT2D eigenvalue weighted by molar-refractivity contribution is -0.114. The van der Waals surface area contributed by atoms with Crippen LogP contribution in [0.4, 0.5) is 15.8 Å². The zero-order valence-electron chi connectivity index (χ0n) is 11.5. The van der Waals surface area contributed by atoms with Crippen molar-refractivity contribution in [2.24, 2.45) is 0 Å². The number of halogens is 1. The quantitative estimate of drug-likeness (QED) is 0.899. The number of hydrogen-bond donors (Lipinski definition) is 2. The number of benzene rings is 2. The van der Waals surface area contributed by atoms with Crippen LogP contribution in [0.5, 0.6) is 0 Å². The van der Waals surface area contributed by atoms with E-state index in [1.165, 1.54) is 23.4 Å². The van der Waals surface area contributed by atoms with Gasteiger partial charge in [0.05, 0.1) is 11.7 Å². The standard InChI is InChI=1S/C16H15FN2OS/c1-10(20)18-14-8-11(6-7-13(14)17)19-15-9-21-16-5-3-2-4-12(15)16/h2-8,15,19H,9H2,1H3,(H,18,20). The Balaban J connectivity index is 1.81. The summed E-state index contributed by atoms with van der Waals surface area (Å²) in [6.07, 6.45) is 0. The van der Waals surface area contributed by atoms with Crippen molar-refractivity contribution in [2.45, 2.75) is 17.9 Å². The highest BCUT2D eigenvalue weighted by Gasteiger charge is 2.22. The van der Waals surface area contributed by atoms with E-state index in [-0.39, 0.29) is 17.6 Å². The number of carbonyl (C=O) groups is 1. The first kappa shape index (κ1) is 13.9. The van der Waals surface area contributed by atoms with Crippen LogP contribution in [0.1, 0.15) is 18.5 Å². The van der Waals surface area contributed by atoms with Gasteiger partial charge in [-0.25, -0.2) is 4.39 Å². The Morgan fingerprint density at radius 2 is 2.10 bits per heavy atom. The molecule has 0 fully saturated rings. The fourth-order valence-electron chi connectivity index (χ4n) is 2.38. The molecule has 0 bridgehead atoms. The van der Waals surface area contributed by atoms with E-state index in [9.17, 15) is 9.18 Å². The van der Waals surface area contributed by atoms with Crippen molar-refractivity contribution >= 4 is 29.0 Å².